The molecular weight excluding hydrogens is 216 g/mol. The van der Waals surface area contributed by atoms with E-state index in [4.69, 9.17) is 0 Å². The van der Waals surface area contributed by atoms with Crippen LogP contribution in [0.5, 0.6) is 0 Å². The van der Waals surface area contributed by atoms with E-state index < -0.39 is 0 Å². The molecule has 4 heteroatoms. The summed E-state index contributed by atoms with van der Waals surface area (Å²) in [6.07, 6.45) is 4.00. The van der Waals surface area contributed by atoms with Crippen LogP contribution < -0.4 is 0 Å². The fourth-order valence-corrected chi connectivity index (χ4v) is 2.00. The molecule has 0 atom stereocenters. The van der Waals surface area contributed by atoms with Crippen LogP contribution in [0.15, 0.2) is 24.5 Å². The van der Waals surface area contributed by atoms with Crippen LogP contribution >= 0.6 is 0 Å². The van der Waals surface area contributed by atoms with Crippen LogP contribution in [0.2, 0.25) is 0 Å². The van der Waals surface area contributed by atoms with Crippen LogP contribution in [-0.2, 0) is 0 Å². The Labute approximate surface area is 98.7 Å². The fraction of sp³-hybridized carbons (Fsp3) is 0.154. The maximum atomic E-state index is 11.6. The number of aldehydes is 1. The summed E-state index contributed by atoms with van der Waals surface area (Å²) in [6.45, 7) is 3.28. The number of carbonyl (C=O) groups is 2. The van der Waals surface area contributed by atoms with Gasteiger partial charge in [0.25, 0.3) is 0 Å². The van der Waals surface area contributed by atoms with Crippen LogP contribution in [0.1, 0.15) is 33.5 Å². The minimum absolute atomic E-state index is 0.0568. The number of carbonyl (C=O) groups excluding carboxylic acids is 2. The highest BCUT2D eigenvalue weighted by atomic mass is 16.1. The average Bonchev–Trinajstić information content (AvgIpc) is 2.67. The molecule has 0 saturated carbocycles. The molecule has 0 fully saturated rings. The summed E-state index contributed by atoms with van der Waals surface area (Å²) in [5.74, 6) is -0.0568. The Morgan fingerprint density at radius 3 is 2.53 bits per heavy atom. The summed E-state index contributed by atoms with van der Waals surface area (Å²) in [5.41, 5.74) is 3.19. The Kier molecular flexibility index (Phi) is 2.87. The molecule has 17 heavy (non-hydrogen) atoms. The number of rotatable bonds is 3. The number of H-pyrrole nitrogens is 1. The molecule has 2 heterocycles. The first-order valence-corrected chi connectivity index (χ1v) is 5.24. The highest BCUT2D eigenvalue weighted by Gasteiger charge is 2.19. The Bertz CT molecular complexity index is 571. The Balaban J connectivity index is 2.75. The second-order valence-electron chi connectivity index (χ2n) is 3.82. The standard InChI is InChI=1S/C13H12N2O2/c1-8-12(9(2)17)13(11(7-16)15-8)10-3-5-14-6-4-10/h3-7,15H,1-2H3. The first kappa shape index (κ1) is 11.3. The van der Waals surface area contributed by atoms with E-state index in [1.165, 1.54) is 6.92 Å². The van der Waals surface area contributed by atoms with Crippen molar-refractivity contribution < 1.29 is 9.59 Å². The minimum atomic E-state index is -0.0568. The highest BCUT2D eigenvalue weighted by molar-refractivity contribution is 6.05. The number of pyridine rings is 1. The van der Waals surface area contributed by atoms with Crippen LogP contribution in [0.4, 0.5) is 0 Å². The van der Waals surface area contributed by atoms with E-state index in [2.05, 4.69) is 9.97 Å². The maximum absolute atomic E-state index is 11.6. The van der Waals surface area contributed by atoms with Crippen molar-refractivity contribution in [2.45, 2.75) is 13.8 Å². The number of hydrogen-bond acceptors (Lipinski definition) is 3. The first-order valence-electron chi connectivity index (χ1n) is 5.24. The summed E-state index contributed by atoms with van der Waals surface area (Å²) >= 11 is 0. The molecule has 86 valence electrons. The Hall–Kier alpha value is -2.23. The van der Waals surface area contributed by atoms with Gasteiger partial charge in [0.1, 0.15) is 0 Å². The second kappa shape index (κ2) is 4.33. The number of Topliss-reactive ketones (excluding diaryl/α,β-unsaturated/α-hetero) is 1. The van der Waals surface area contributed by atoms with Crippen molar-refractivity contribution in [3.8, 4) is 11.1 Å². The molecule has 0 spiro atoms. The number of hydrogen-bond donors (Lipinski definition) is 1. The molecular formula is C13H12N2O2. The molecule has 0 radical (unpaired) electrons. The van der Waals surface area contributed by atoms with E-state index in [-0.39, 0.29) is 5.78 Å². The number of aryl methyl sites for hydroxylation is 1. The summed E-state index contributed by atoms with van der Waals surface area (Å²) in [5, 5.41) is 0. The molecule has 0 unspecified atom stereocenters. The van der Waals surface area contributed by atoms with Gasteiger partial charge in [-0.1, -0.05) is 0 Å². The lowest BCUT2D eigenvalue weighted by Crippen LogP contribution is -1.96. The van der Waals surface area contributed by atoms with Crippen molar-refractivity contribution in [1.82, 2.24) is 9.97 Å². The van der Waals surface area contributed by atoms with Crippen LogP contribution in [0, 0.1) is 6.92 Å². The van der Waals surface area contributed by atoms with E-state index >= 15 is 0 Å². The molecule has 2 aromatic heterocycles. The van der Waals surface area contributed by atoms with E-state index in [0.29, 0.717) is 22.5 Å². The third kappa shape index (κ3) is 1.89. The van der Waals surface area contributed by atoms with Crippen molar-refractivity contribution in [1.29, 1.82) is 0 Å². The lowest BCUT2D eigenvalue weighted by atomic mass is 9.99. The smallest absolute Gasteiger partial charge is 0.166 e. The Morgan fingerprint density at radius 1 is 1.35 bits per heavy atom. The number of nitrogens with zero attached hydrogens (tertiary/aromatic N) is 1. The van der Waals surface area contributed by atoms with Crippen molar-refractivity contribution in [2.75, 3.05) is 0 Å². The molecule has 1 N–H and O–H groups in total. The molecule has 0 amide bonds. The Morgan fingerprint density at radius 2 is 2.00 bits per heavy atom. The van der Waals surface area contributed by atoms with Gasteiger partial charge in [0.2, 0.25) is 0 Å². The molecule has 0 saturated heterocycles. The van der Waals surface area contributed by atoms with Gasteiger partial charge in [-0.05, 0) is 31.5 Å². The number of aromatic amines is 1. The summed E-state index contributed by atoms with van der Waals surface area (Å²) in [6, 6.07) is 3.56. The maximum Gasteiger partial charge on any atom is 0.166 e. The molecule has 0 aliphatic heterocycles. The molecule has 4 nitrogen and oxygen atoms in total. The third-order valence-electron chi connectivity index (χ3n) is 2.66. The van der Waals surface area contributed by atoms with Crippen molar-refractivity contribution in [2.24, 2.45) is 0 Å². The summed E-state index contributed by atoms with van der Waals surface area (Å²) in [4.78, 5) is 29.5. The van der Waals surface area contributed by atoms with E-state index in [1.807, 2.05) is 0 Å². The van der Waals surface area contributed by atoms with Gasteiger partial charge in [-0.2, -0.15) is 0 Å². The normalized spacial score (nSPS) is 10.2. The number of aromatic nitrogens is 2. The number of nitrogens with one attached hydrogen (secondary N) is 1. The van der Waals surface area contributed by atoms with Crippen LogP contribution in [-0.4, -0.2) is 22.0 Å². The van der Waals surface area contributed by atoms with E-state index in [1.54, 1.807) is 31.5 Å². The SMILES string of the molecule is CC(=O)c1c(C)[nH]c(C=O)c1-c1ccncc1. The largest absolute Gasteiger partial charge is 0.355 e. The topological polar surface area (TPSA) is 62.8 Å². The van der Waals surface area contributed by atoms with Crippen LogP contribution in [0.3, 0.4) is 0 Å². The van der Waals surface area contributed by atoms with Crippen molar-refractivity contribution in [3.63, 3.8) is 0 Å². The van der Waals surface area contributed by atoms with Gasteiger partial charge in [0.15, 0.2) is 12.1 Å². The lowest BCUT2D eigenvalue weighted by Gasteiger charge is -2.02. The van der Waals surface area contributed by atoms with Gasteiger partial charge >= 0.3 is 0 Å². The van der Waals surface area contributed by atoms with Crippen molar-refractivity contribution >= 4 is 12.1 Å². The lowest BCUT2D eigenvalue weighted by molar-refractivity contribution is 0.101. The summed E-state index contributed by atoms with van der Waals surface area (Å²) in [7, 11) is 0. The molecule has 0 aliphatic rings. The van der Waals surface area contributed by atoms with Gasteiger partial charge in [-0.25, -0.2) is 0 Å². The van der Waals surface area contributed by atoms with Gasteiger partial charge in [-0.15, -0.1) is 0 Å². The molecule has 0 aliphatic carbocycles. The van der Waals surface area contributed by atoms with Crippen LogP contribution in [0.25, 0.3) is 11.1 Å². The molecule has 2 aromatic rings. The van der Waals surface area contributed by atoms with Crippen molar-refractivity contribution in [3.05, 3.63) is 41.5 Å². The molecule has 2 rings (SSSR count). The predicted molar refractivity (Wildman–Crippen MR) is 64.2 cm³/mol. The average molecular weight is 228 g/mol. The van der Waals surface area contributed by atoms with Gasteiger partial charge in [0.05, 0.1) is 5.69 Å². The third-order valence-corrected chi connectivity index (χ3v) is 2.66. The van der Waals surface area contributed by atoms with Gasteiger partial charge in [-0.3, -0.25) is 14.6 Å². The zero-order valence-electron chi connectivity index (χ0n) is 9.65. The minimum Gasteiger partial charge on any atom is -0.355 e. The van der Waals surface area contributed by atoms with Gasteiger partial charge in [0, 0.05) is 29.2 Å². The zero-order chi connectivity index (χ0) is 12.4. The van der Waals surface area contributed by atoms with Gasteiger partial charge < -0.3 is 4.98 Å². The van der Waals surface area contributed by atoms with E-state index in [0.717, 1.165) is 11.8 Å². The fourth-order valence-electron chi connectivity index (χ4n) is 2.00. The highest BCUT2D eigenvalue weighted by Crippen LogP contribution is 2.29. The van der Waals surface area contributed by atoms with E-state index in [9.17, 15) is 9.59 Å². The zero-order valence-corrected chi connectivity index (χ0v) is 9.65. The predicted octanol–water partition coefficient (Wildman–Crippen LogP) is 2.40. The first-order chi connectivity index (χ1) is 8.15. The quantitative estimate of drug-likeness (QED) is 0.648. The summed E-state index contributed by atoms with van der Waals surface area (Å²) < 4.78 is 0. The second-order valence-corrected chi connectivity index (χ2v) is 3.82. The number of ketones is 1. The molecule has 0 aromatic carbocycles. The monoisotopic (exact) mass is 228 g/mol. The molecule has 0 bridgehead atoms.